The Morgan fingerprint density at radius 3 is 2.47 bits per heavy atom. The number of pyridine rings is 1. The van der Waals surface area contributed by atoms with E-state index >= 15 is 0 Å². The molecule has 0 aliphatic heterocycles. The van der Waals surface area contributed by atoms with Gasteiger partial charge in [-0.05, 0) is 29.9 Å². The van der Waals surface area contributed by atoms with E-state index in [4.69, 9.17) is 5.73 Å². The Balaban J connectivity index is 2.20. The third kappa shape index (κ3) is 3.81. The molecule has 1 heterocycles. The summed E-state index contributed by atoms with van der Waals surface area (Å²) < 4.78 is 0. The number of nitrogens with zero attached hydrogens (tertiary/aromatic N) is 1. The van der Waals surface area contributed by atoms with Crippen LogP contribution in [0.1, 0.15) is 64.0 Å². The zero-order chi connectivity index (χ0) is 13.9. The van der Waals surface area contributed by atoms with Gasteiger partial charge in [0.1, 0.15) is 0 Å². The Labute approximate surface area is 116 Å². The second-order valence-electron chi connectivity index (χ2n) is 6.68. The minimum Gasteiger partial charge on any atom is -0.315 e. The van der Waals surface area contributed by atoms with Gasteiger partial charge < -0.3 is 5.73 Å². The lowest BCUT2D eigenvalue weighted by molar-refractivity contribution is 0.370. The van der Waals surface area contributed by atoms with E-state index in [0.29, 0.717) is 0 Å². The Hall–Kier alpha value is -1.33. The van der Waals surface area contributed by atoms with Crippen LogP contribution < -0.4 is 5.73 Å². The summed E-state index contributed by atoms with van der Waals surface area (Å²) in [5.74, 6) is 6.51. The van der Waals surface area contributed by atoms with Gasteiger partial charge in [-0.3, -0.25) is 4.98 Å². The van der Waals surface area contributed by atoms with Crippen LogP contribution in [-0.2, 0) is 5.41 Å². The predicted octanol–water partition coefficient (Wildman–Crippen LogP) is 3.39. The van der Waals surface area contributed by atoms with Crippen molar-refractivity contribution in [2.24, 2.45) is 5.73 Å². The summed E-state index contributed by atoms with van der Waals surface area (Å²) in [4.78, 5) is 4.29. The molecule has 2 nitrogen and oxygen atoms in total. The van der Waals surface area contributed by atoms with E-state index in [-0.39, 0.29) is 11.0 Å². The molecule has 0 bridgehead atoms. The topological polar surface area (TPSA) is 38.9 Å². The van der Waals surface area contributed by atoms with Gasteiger partial charge in [-0.2, -0.15) is 0 Å². The second-order valence-corrected chi connectivity index (χ2v) is 6.68. The van der Waals surface area contributed by atoms with Crippen LogP contribution in [0.25, 0.3) is 0 Å². The zero-order valence-corrected chi connectivity index (χ0v) is 12.3. The molecule has 0 spiro atoms. The van der Waals surface area contributed by atoms with Crippen LogP contribution in [0.15, 0.2) is 18.5 Å². The van der Waals surface area contributed by atoms with Gasteiger partial charge >= 0.3 is 0 Å². The number of nitrogens with two attached hydrogens (primary N) is 1. The lowest BCUT2D eigenvalue weighted by Gasteiger charge is -2.27. The molecule has 0 aromatic carbocycles. The fourth-order valence-corrected chi connectivity index (χ4v) is 2.42. The van der Waals surface area contributed by atoms with Crippen LogP contribution in [0.3, 0.4) is 0 Å². The van der Waals surface area contributed by atoms with Crippen molar-refractivity contribution in [3.63, 3.8) is 0 Å². The van der Waals surface area contributed by atoms with Gasteiger partial charge in [-0.1, -0.05) is 51.9 Å². The Kier molecular flexibility index (Phi) is 3.96. The third-order valence-electron chi connectivity index (χ3n) is 3.81. The SMILES string of the molecule is CC(C)(C)c1cncc(C#CC2(N)CCCCC2)c1. The van der Waals surface area contributed by atoms with Crippen molar-refractivity contribution in [2.45, 2.75) is 63.8 Å². The highest BCUT2D eigenvalue weighted by molar-refractivity contribution is 5.38. The predicted molar refractivity (Wildman–Crippen MR) is 79.8 cm³/mol. The second kappa shape index (κ2) is 5.35. The summed E-state index contributed by atoms with van der Waals surface area (Å²) in [6.07, 6.45) is 9.48. The van der Waals surface area contributed by atoms with Crippen LogP contribution in [0.2, 0.25) is 0 Å². The minimum absolute atomic E-state index is 0.107. The van der Waals surface area contributed by atoms with E-state index in [1.807, 2.05) is 12.4 Å². The molecule has 0 atom stereocenters. The molecule has 102 valence electrons. The highest BCUT2D eigenvalue weighted by Crippen LogP contribution is 2.25. The summed E-state index contributed by atoms with van der Waals surface area (Å²) in [6.45, 7) is 6.56. The van der Waals surface area contributed by atoms with E-state index in [2.05, 4.69) is 43.7 Å². The molecular weight excluding hydrogens is 232 g/mol. The lowest BCUT2D eigenvalue weighted by atomic mass is 9.83. The van der Waals surface area contributed by atoms with Crippen LogP contribution >= 0.6 is 0 Å². The average molecular weight is 256 g/mol. The van der Waals surface area contributed by atoms with Crippen molar-refractivity contribution in [3.8, 4) is 11.8 Å². The standard InChI is InChI=1S/C17H24N2/c1-16(2,3)15-11-14(12-19-13-15)7-10-17(18)8-5-4-6-9-17/h11-13H,4-6,8-9,18H2,1-3H3. The maximum Gasteiger partial charge on any atom is 0.0779 e. The molecule has 1 aromatic rings. The number of rotatable bonds is 0. The summed E-state index contributed by atoms with van der Waals surface area (Å²) in [7, 11) is 0. The molecule has 1 saturated carbocycles. The number of hydrogen-bond donors (Lipinski definition) is 1. The molecule has 0 unspecified atom stereocenters. The molecule has 1 fully saturated rings. The smallest absolute Gasteiger partial charge is 0.0779 e. The van der Waals surface area contributed by atoms with Gasteiger partial charge in [0, 0.05) is 18.0 Å². The third-order valence-corrected chi connectivity index (χ3v) is 3.81. The summed E-state index contributed by atoms with van der Waals surface area (Å²) in [6, 6.07) is 2.13. The Morgan fingerprint density at radius 2 is 1.84 bits per heavy atom. The maximum absolute atomic E-state index is 6.34. The first kappa shape index (κ1) is 14.1. The van der Waals surface area contributed by atoms with Crippen LogP contribution in [0.5, 0.6) is 0 Å². The molecular formula is C17H24N2. The Bertz CT molecular complexity index is 494. The van der Waals surface area contributed by atoms with Gasteiger partial charge in [0.05, 0.1) is 5.54 Å². The normalized spacial score (nSPS) is 18.5. The van der Waals surface area contributed by atoms with Crippen LogP contribution in [0, 0.1) is 11.8 Å². The monoisotopic (exact) mass is 256 g/mol. The van der Waals surface area contributed by atoms with Crippen molar-refractivity contribution in [3.05, 3.63) is 29.6 Å². The minimum atomic E-state index is -0.282. The van der Waals surface area contributed by atoms with Crippen LogP contribution in [0.4, 0.5) is 0 Å². The highest BCUT2D eigenvalue weighted by atomic mass is 14.7. The van der Waals surface area contributed by atoms with Crippen molar-refractivity contribution in [2.75, 3.05) is 0 Å². The summed E-state index contributed by atoms with van der Waals surface area (Å²) in [5.41, 5.74) is 8.35. The van der Waals surface area contributed by atoms with E-state index in [1.165, 1.54) is 24.8 Å². The molecule has 1 aliphatic carbocycles. The Morgan fingerprint density at radius 1 is 1.16 bits per heavy atom. The largest absolute Gasteiger partial charge is 0.315 e. The van der Waals surface area contributed by atoms with E-state index in [0.717, 1.165) is 18.4 Å². The van der Waals surface area contributed by atoms with Crippen LogP contribution in [-0.4, -0.2) is 10.5 Å². The molecule has 2 N–H and O–H groups in total. The fraction of sp³-hybridized carbons (Fsp3) is 0.588. The quantitative estimate of drug-likeness (QED) is 0.723. The van der Waals surface area contributed by atoms with Crippen molar-refractivity contribution >= 4 is 0 Å². The van der Waals surface area contributed by atoms with Crippen molar-refractivity contribution in [1.29, 1.82) is 0 Å². The zero-order valence-electron chi connectivity index (χ0n) is 12.3. The molecule has 2 heteroatoms. The fourth-order valence-electron chi connectivity index (χ4n) is 2.42. The first-order valence-corrected chi connectivity index (χ1v) is 7.17. The lowest BCUT2D eigenvalue weighted by Crippen LogP contribution is -2.40. The molecule has 19 heavy (non-hydrogen) atoms. The average Bonchev–Trinajstić information content (AvgIpc) is 2.37. The van der Waals surface area contributed by atoms with Gasteiger partial charge in [0.25, 0.3) is 0 Å². The first-order chi connectivity index (χ1) is 8.89. The van der Waals surface area contributed by atoms with Gasteiger partial charge in [-0.15, -0.1) is 0 Å². The summed E-state index contributed by atoms with van der Waals surface area (Å²) >= 11 is 0. The highest BCUT2D eigenvalue weighted by Gasteiger charge is 2.24. The van der Waals surface area contributed by atoms with E-state index in [1.54, 1.807) is 0 Å². The molecule has 0 saturated heterocycles. The number of aromatic nitrogens is 1. The van der Waals surface area contributed by atoms with Gasteiger partial charge in [0.15, 0.2) is 0 Å². The van der Waals surface area contributed by atoms with E-state index in [9.17, 15) is 0 Å². The molecule has 1 aromatic heterocycles. The number of hydrogen-bond acceptors (Lipinski definition) is 2. The molecule has 0 amide bonds. The molecule has 0 radical (unpaired) electrons. The maximum atomic E-state index is 6.34. The van der Waals surface area contributed by atoms with Crippen molar-refractivity contribution in [1.82, 2.24) is 4.98 Å². The summed E-state index contributed by atoms with van der Waals surface area (Å²) in [5, 5.41) is 0. The first-order valence-electron chi connectivity index (χ1n) is 7.17. The molecule has 2 rings (SSSR count). The van der Waals surface area contributed by atoms with Gasteiger partial charge in [-0.25, -0.2) is 0 Å². The van der Waals surface area contributed by atoms with Crippen molar-refractivity contribution < 1.29 is 0 Å². The van der Waals surface area contributed by atoms with Gasteiger partial charge in [0.2, 0.25) is 0 Å². The van der Waals surface area contributed by atoms with E-state index < -0.39 is 0 Å². The molecule has 1 aliphatic rings.